The molecule has 0 radical (unpaired) electrons. The molecule has 0 aliphatic heterocycles. The molecule has 6 heteroatoms. The van der Waals surface area contributed by atoms with Gasteiger partial charge in [-0.3, -0.25) is 4.79 Å². The lowest BCUT2D eigenvalue weighted by atomic mass is 9.64. The van der Waals surface area contributed by atoms with Crippen LogP contribution in [0.5, 0.6) is 0 Å². The second-order valence-electron chi connectivity index (χ2n) is 5.62. The molecule has 0 saturated heterocycles. The highest BCUT2D eigenvalue weighted by Gasteiger charge is 2.45. The third kappa shape index (κ3) is 2.58. The van der Waals surface area contributed by atoms with Gasteiger partial charge >= 0.3 is 0 Å². The Kier molecular flexibility index (Phi) is 3.83. The van der Waals surface area contributed by atoms with E-state index >= 15 is 0 Å². The van der Waals surface area contributed by atoms with Crippen LogP contribution in [-0.4, -0.2) is 5.91 Å². The lowest BCUT2D eigenvalue weighted by Gasteiger charge is -2.40. The van der Waals surface area contributed by atoms with Crippen molar-refractivity contribution in [2.45, 2.75) is 24.7 Å². The first kappa shape index (κ1) is 15.5. The topological polar surface area (TPSA) is 29.1 Å². The quantitative estimate of drug-likeness (QED) is 0.662. The van der Waals surface area contributed by atoms with E-state index in [9.17, 15) is 22.4 Å². The number of anilines is 1. The monoisotopic (exact) mass is 323 g/mol. The first-order chi connectivity index (χ1) is 10.9. The van der Waals surface area contributed by atoms with E-state index in [-0.39, 0.29) is 0 Å². The number of carbonyl (C=O) groups excluding carboxylic acids is 1. The van der Waals surface area contributed by atoms with Gasteiger partial charge in [0.1, 0.15) is 5.82 Å². The predicted octanol–water partition coefficient (Wildman–Crippen LogP) is 4.30. The summed E-state index contributed by atoms with van der Waals surface area (Å²) in [6.45, 7) is 0. The second kappa shape index (κ2) is 5.68. The van der Waals surface area contributed by atoms with E-state index in [1.165, 1.54) is 24.3 Å². The van der Waals surface area contributed by atoms with E-state index in [0.29, 0.717) is 18.4 Å². The number of hydrogen-bond donors (Lipinski definition) is 1. The van der Waals surface area contributed by atoms with Crippen molar-refractivity contribution in [1.29, 1.82) is 0 Å². The van der Waals surface area contributed by atoms with Crippen molar-refractivity contribution in [3.05, 3.63) is 65.2 Å². The second-order valence-corrected chi connectivity index (χ2v) is 5.62. The number of nitrogens with one attached hydrogen (secondary N) is 1. The van der Waals surface area contributed by atoms with Gasteiger partial charge in [-0.2, -0.15) is 0 Å². The van der Waals surface area contributed by atoms with Crippen LogP contribution >= 0.6 is 0 Å². The highest BCUT2D eigenvalue weighted by atomic mass is 19.2. The summed E-state index contributed by atoms with van der Waals surface area (Å²) in [6, 6.07) is 7.25. The van der Waals surface area contributed by atoms with Crippen molar-refractivity contribution in [1.82, 2.24) is 0 Å². The van der Waals surface area contributed by atoms with Gasteiger partial charge in [0.25, 0.3) is 0 Å². The number of halogens is 4. The summed E-state index contributed by atoms with van der Waals surface area (Å²) in [5.74, 6) is -5.33. The van der Waals surface area contributed by atoms with E-state index in [0.717, 1.165) is 18.6 Å². The van der Waals surface area contributed by atoms with Crippen LogP contribution in [0.3, 0.4) is 0 Å². The van der Waals surface area contributed by atoms with Gasteiger partial charge in [-0.05, 0) is 42.7 Å². The first-order valence-electron chi connectivity index (χ1n) is 7.15. The molecule has 2 aromatic carbocycles. The minimum Gasteiger partial charge on any atom is -0.323 e. The molecule has 1 amide bonds. The largest absolute Gasteiger partial charge is 0.323 e. The van der Waals surface area contributed by atoms with Gasteiger partial charge < -0.3 is 5.32 Å². The Morgan fingerprint density at radius 3 is 2.13 bits per heavy atom. The summed E-state index contributed by atoms with van der Waals surface area (Å²) in [4.78, 5) is 12.6. The number of carbonyl (C=O) groups is 1. The molecule has 1 aliphatic carbocycles. The molecule has 3 rings (SSSR count). The average molecular weight is 323 g/mol. The normalized spacial score (nSPS) is 15.8. The molecule has 0 atom stereocenters. The van der Waals surface area contributed by atoms with Gasteiger partial charge in [0.2, 0.25) is 5.91 Å². The van der Waals surface area contributed by atoms with Crippen molar-refractivity contribution in [3.63, 3.8) is 0 Å². The zero-order valence-electron chi connectivity index (χ0n) is 12.0. The van der Waals surface area contributed by atoms with E-state index in [1.807, 2.05) is 0 Å². The molecule has 1 saturated carbocycles. The summed E-state index contributed by atoms with van der Waals surface area (Å²) >= 11 is 0. The minimum atomic E-state index is -1.63. The Labute approximate surface area is 130 Å². The van der Waals surface area contributed by atoms with Crippen LogP contribution in [0.1, 0.15) is 24.8 Å². The van der Waals surface area contributed by atoms with Crippen LogP contribution in [0.25, 0.3) is 0 Å². The number of rotatable bonds is 3. The van der Waals surface area contributed by atoms with Crippen LogP contribution in [0.15, 0.2) is 36.4 Å². The molecule has 1 aliphatic rings. The van der Waals surface area contributed by atoms with Gasteiger partial charge in [0.15, 0.2) is 17.5 Å². The fraction of sp³-hybridized carbons (Fsp3) is 0.235. The van der Waals surface area contributed by atoms with Gasteiger partial charge in [-0.15, -0.1) is 0 Å². The maximum atomic E-state index is 13.7. The predicted molar refractivity (Wildman–Crippen MR) is 76.9 cm³/mol. The van der Waals surface area contributed by atoms with E-state index in [2.05, 4.69) is 5.32 Å². The van der Waals surface area contributed by atoms with Gasteiger partial charge in [0, 0.05) is 0 Å². The third-order valence-corrected chi connectivity index (χ3v) is 4.32. The SMILES string of the molecule is O=C(Nc1ccc(F)c(F)c1F)C1(c2ccc(F)cc2)CCC1. The smallest absolute Gasteiger partial charge is 0.235 e. The lowest BCUT2D eigenvalue weighted by Crippen LogP contribution is -2.46. The van der Waals surface area contributed by atoms with Crippen LogP contribution < -0.4 is 5.32 Å². The van der Waals surface area contributed by atoms with Crippen molar-refractivity contribution in [2.24, 2.45) is 0 Å². The number of amides is 1. The molecule has 2 nitrogen and oxygen atoms in total. The van der Waals surface area contributed by atoms with E-state index in [1.54, 1.807) is 0 Å². The Morgan fingerprint density at radius 2 is 1.57 bits per heavy atom. The lowest BCUT2D eigenvalue weighted by molar-refractivity contribution is -0.124. The summed E-state index contributed by atoms with van der Waals surface area (Å²) in [7, 11) is 0. The highest BCUT2D eigenvalue weighted by Crippen LogP contribution is 2.44. The van der Waals surface area contributed by atoms with Crippen molar-refractivity contribution in [2.75, 3.05) is 5.32 Å². The maximum Gasteiger partial charge on any atom is 0.235 e. The highest BCUT2D eigenvalue weighted by molar-refractivity contribution is 6.00. The molecule has 0 unspecified atom stereocenters. The Bertz CT molecular complexity index is 754. The van der Waals surface area contributed by atoms with Crippen molar-refractivity contribution >= 4 is 11.6 Å². The van der Waals surface area contributed by atoms with Gasteiger partial charge in [0.05, 0.1) is 11.1 Å². The molecular weight excluding hydrogens is 310 g/mol. The van der Waals surface area contributed by atoms with E-state index in [4.69, 9.17) is 0 Å². The number of hydrogen-bond acceptors (Lipinski definition) is 1. The molecule has 1 N–H and O–H groups in total. The van der Waals surface area contributed by atoms with Crippen LogP contribution in [0.4, 0.5) is 23.2 Å². The maximum absolute atomic E-state index is 13.7. The Hall–Kier alpha value is -2.37. The summed E-state index contributed by atoms with van der Waals surface area (Å²) in [6.07, 6.45) is 1.84. The fourth-order valence-electron chi connectivity index (χ4n) is 2.81. The van der Waals surface area contributed by atoms with Crippen LogP contribution in [-0.2, 0) is 10.2 Å². The van der Waals surface area contributed by atoms with E-state index < -0.39 is 40.3 Å². The molecular formula is C17H13F4NO. The molecule has 1 fully saturated rings. The van der Waals surface area contributed by atoms with Crippen LogP contribution in [0.2, 0.25) is 0 Å². The fourth-order valence-corrected chi connectivity index (χ4v) is 2.81. The first-order valence-corrected chi connectivity index (χ1v) is 7.15. The zero-order valence-corrected chi connectivity index (χ0v) is 12.0. The molecule has 2 aromatic rings. The standard InChI is InChI=1S/C17H13F4NO/c18-11-4-2-10(3-5-11)17(8-1-9-17)16(23)22-13-7-6-12(19)14(20)15(13)21/h2-7H,1,8-9H2,(H,22,23). The molecule has 0 heterocycles. The molecule has 0 aromatic heterocycles. The van der Waals surface area contributed by atoms with Gasteiger partial charge in [-0.25, -0.2) is 17.6 Å². The summed E-state index contributed by atoms with van der Waals surface area (Å²) in [5.41, 5.74) is -0.696. The summed E-state index contributed by atoms with van der Waals surface area (Å²) < 4.78 is 53.0. The minimum absolute atomic E-state index is 0.415. The molecule has 0 spiro atoms. The zero-order chi connectivity index (χ0) is 16.6. The average Bonchev–Trinajstić information content (AvgIpc) is 2.49. The molecule has 0 bridgehead atoms. The Balaban J connectivity index is 1.90. The van der Waals surface area contributed by atoms with Crippen LogP contribution in [0, 0.1) is 23.3 Å². The third-order valence-electron chi connectivity index (χ3n) is 4.32. The summed E-state index contributed by atoms with van der Waals surface area (Å²) in [5, 5.41) is 2.32. The van der Waals surface area contributed by atoms with Gasteiger partial charge in [-0.1, -0.05) is 18.6 Å². The molecule has 120 valence electrons. The van der Waals surface area contributed by atoms with Crippen molar-refractivity contribution < 1.29 is 22.4 Å². The van der Waals surface area contributed by atoms with Crippen molar-refractivity contribution in [3.8, 4) is 0 Å². The Morgan fingerprint density at radius 1 is 0.913 bits per heavy atom. The number of benzene rings is 2. The molecule has 23 heavy (non-hydrogen) atoms.